The lowest BCUT2D eigenvalue weighted by Gasteiger charge is -2.19. The third-order valence-electron chi connectivity index (χ3n) is 4.00. The van der Waals surface area contributed by atoms with E-state index in [0.29, 0.717) is 0 Å². The van der Waals surface area contributed by atoms with Crippen molar-refractivity contribution in [2.45, 2.75) is 52.1 Å². The van der Waals surface area contributed by atoms with Gasteiger partial charge < -0.3 is 5.32 Å². The quantitative estimate of drug-likeness (QED) is 0.824. The Labute approximate surface area is 138 Å². The van der Waals surface area contributed by atoms with E-state index in [1.807, 2.05) is 17.5 Å². The molecule has 0 aromatic carbocycles. The Morgan fingerprint density at radius 2 is 2.29 bits per heavy atom. The van der Waals surface area contributed by atoms with Gasteiger partial charge in [-0.1, -0.05) is 13.8 Å². The van der Waals surface area contributed by atoms with Crippen LogP contribution in [0.25, 0.3) is 0 Å². The summed E-state index contributed by atoms with van der Waals surface area (Å²) in [5.41, 5.74) is 2.83. The molecule has 2 heterocycles. The van der Waals surface area contributed by atoms with E-state index in [1.54, 1.807) is 10.4 Å². The van der Waals surface area contributed by atoms with Crippen molar-refractivity contribution in [2.24, 2.45) is 0 Å². The largest absolute Gasteiger partial charge is 0.305 e. The van der Waals surface area contributed by atoms with Crippen LogP contribution >= 0.6 is 27.3 Å². The highest BCUT2D eigenvalue weighted by atomic mass is 79.9. The summed E-state index contributed by atoms with van der Waals surface area (Å²) < 4.78 is 3.25. The maximum absolute atomic E-state index is 4.53. The summed E-state index contributed by atoms with van der Waals surface area (Å²) in [4.78, 5) is 3.02. The second-order valence-electron chi connectivity index (χ2n) is 5.54. The molecule has 5 heteroatoms. The van der Waals surface area contributed by atoms with E-state index < -0.39 is 0 Å². The van der Waals surface area contributed by atoms with E-state index in [2.05, 4.69) is 50.9 Å². The lowest BCUT2D eigenvalue weighted by molar-refractivity contribution is 0.522. The molecular formula is C16H22BrN3S. The van der Waals surface area contributed by atoms with Gasteiger partial charge in [-0.3, -0.25) is 4.68 Å². The first-order chi connectivity index (χ1) is 10.2. The van der Waals surface area contributed by atoms with E-state index in [9.17, 15) is 0 Å². The van der Waals surface area contributed by atoms with Gasteiger partial charge in [0.05, 0.1) is 22.4 Å². The Kier molecular flexibility index (Phi) is 4.82. The molecule has 1 N–H and O–H groups in total. The van der Waals surface area contributed by atoms with Crippen molar-refractivity contribution in [1.29, 1.82) is 0 Å². The number of halogens is 1. The highest BCUT2D eigenvalue weighted by molar-refractivity contribution is 9.10. The molecule has 0 radical (unpaired) electrons. The standard InChI is InChI=1S/C16H22BrN3S/c1-3-8-20-16(12(17)10-19-20)15(18-4-2)14-9-11-6-5-7-13(11)21-14/h9-10,15,18H,3-8H2,1-2H3. The van der Waals surface area contributed by atoms with Gasteiger partial charge in [0.1, 0.15) is 0 Å². The number of rotatable bonds is 6. The maximum Gasteiger partial charge on any atom is 0.0853 e. The third kappa shape index (κ3) is 2.96. The zero-order valence-electron chi connectivity index (χ0n) is 12.7. The Morgan fingerprint density at radius 3 is 3.00 bits per heavy atom. The predicted octanol–water partition coefficient (Wildman–Crippen LogP) is 4.30. The molecule has 1 atom stereocenters. The maximum atomic E-state index is 4.53. The van der Waals surface area contributed by atoms with E-state index in [4.69, 9.17) is 0 Å². The Bertz CT molecular complexity index is 596. The van der Waals surface area contributed by atoms with Crippen LogP contribution in [0, 0.1) is 0 Å². The van der Waals surface area contributed by atoms with Gasteiger partial charge >= 0.3 is 0 Å². The average Bonchev–Trinajstić information content (AvgIpc) is 3.12. The van der Waals surface area contributed by atoms with Gasteiger partial charge in [-0.25, -0.2) is 0 Å². The van der Waals surface area contributed by atoms with Crippen molar-refractivity contribution in [2.75, 3.05) is 6.54 Å². The van der Waals surface area contributed by atoms with E-state index in [0.717, 1.165) is 24.0 Å². The number of hydrogen-bond acceptors (Lipinski definition) is 3. The second kappa shape index (κ2) is 6.63. The van der Waals surface area contributed by atoms with Crippen LogP contribution in [0.4, 0.5) is 0 Å². The fourth-order valence-corrected chi connectivity index (χ4v) is 4.94. The van der Waals surface area contributed by atoms with Gasteiger partial charge in [0, 0.05) is 16.3 Å². The summed E-state index contributed by atoms with van der Waals surface area (Å²) in [6, 6.07) is 2.66. The van der Waals surface area contributed by atoms with Crippen molar-refractivity contribution in [3.05, 3.63) is 37.7 Å². The molecule has 2 aromatic heterocycles. The minimum atomic E-state index is 0.244. The van der Waals surface area contributed by atoms with Crippen molar-refractivity contribution in [1.82, 2.24) is 15.1 Å². The summed E-state index contributed by atoms with van der Waals surface area (Å²) in [7, 11) is 0. The van der Waals surface area contributed by atoms with Gasteiger partial charge in [0.2, 0.25) is 0 Å². The molecule has 0 fully saturated rings. The molecular weight excluding hydrogens is 346 g/mol. The van der Waals surface area contributed by atoms with Crippen molar-refractivity contribution in [3.8, 4) is 0 Å². The minimum Gasteiger partial charge on any atom is -0.305 e. The van der Waals surface area contributed by atoms with Crippen LogP contribution in [-0.4, -0.2) is 16.3 Å². The Balaban J connectivity index is 1.99. The predicted molar refractivity (Wildman–Crippen MR) is 92.1 cm³/mol. The van der Waals surface area contributed by atoms with Crippen LogP contribution in [0.5, 0.6) is 0 Å². The zero-order valence-corrected chi connectivity index (χ0v) is 15.1. The van der Waals surface area contributed by atoms with Gasteiger partial charge in [-0.2, -0.15) is 5.10 Å². The lowest BCUT2D eigenvalue weighted by Crippen LogP contribution is -2.24. The lowest BCUT2D eigenvalue weighted by atomic mass is 10.1. The number of aryl methyl sites for hydroxylation is 3. The normalized spacial score (nSPS) is 15.4. The summed E-state index contributed by atoms with van der Waals surface area (Å²) in [5.74, 6) is 0. The molecule has 0 saturated heterocycles. The zero-order chi connectivity index (χ0) is 14.8. The van der Waals surface area contributed by atoms with E-state index in [-0.39, 0.29) is 6.04 Å². The van der Waals surface area contributed by atoms with Crippen LogP contribution < -0.4 is 5.32 Å². The molecule has 3 nitrogen and oxygen atoms in total. The third-order valence-corrected chi connectivity index (χ3v) is 5.91. The van der Waals surface area contributed by atoms with Crippen molar-refractivity contribution >= 4 is 27.3 Å². The monoisotopic (exact) mass is 367 g/mol. The van der Waals surface area contributed by atoms with Crippen LogP contribution in [0.2, 0.25) is 0 Å². The highest BCUT2D eigenvalue weighted by Gasteiger charge is 2.25. The Morgan fingerprint density at radius 1 is 1.43 bits per heavy atom. The molecule has 0 amide bonds. The molecule has 0 aliphatic heterocycles. The van der Waals surface area contributed by atoms with Crippen LogP contribution in [0.3, 0.4) is 0 Å². The summed E-state index contributed by atoms with van der Waals surface area (Å²) >= 11 is 5.67. The average molecular weight is 368 g/mol. The first kappa shape index (κ1) is 15.3. The summed E-state index contributed by atoms with van der Waals surface area (Å²) in [6.45, 7) is 6.29. The van der Waals surface area contributed by atoms with E-state index >= 15 is 0 Å². The molecule has 21 heavy (non-hydrogen) atoms. The number of nitrogens with zero attached hydrogens (tertiary/aromatic N) is 2. The molecule has 0 saturated carbocycles. The van der Waals surface area contributed by atoms with Gasteiger partial charge in [0.15, 0.2) is 0 Å². The summed E-state index contributed by atoms with van der Waals surface area (Å²) in [6.07, 6.45) is 6.86. The topological polar surface area (TPSA) is 29.9 Å². The number of nitrogens with one attached hydrogen (secondary N) is 1. The Hall–Kier alpha value is -0.650. The van der Waals surface area contributed by atoms with Gasteiger partial charge in [-0.05, 0) is 59.8 Å². The van der Waals surface area contributed by atoms with Crippen LogP contribution in [-0.2, 0) is 19.4 Å². The number of thiophene rings is 1. The molecule has 0 spiro atoms. The fourth-order valence-electron chi connectivity index (χ4n) is 3.08. The number of fused-ring (bicyclic) bond motifs is 1. The molecule has 1 aliphatic rings. The molecule has 1 aliphatic carbocycles. The SMILES string of the molecule is CCCn1ncc(Br)c1C(NCC)c1cc2c(s1)CCC2. The molecule has 114 valence electrons. The number of hydrogen-bond donors (Lipinski definition) is 1. The van der Waals surface area contributed by atoms with Crippen molar-refractivity contribution in [3.63, 3.8) is 0 Å². The van der Waals surface area contributed by atoms with Crippen molar-refractivity contribution < 1.29 is 0 Å². The first-order valence-electron chi connectivity index (χ1n) is 7.80. The second-order valence-corrected chi connectivity index (χ2v) is 7.56. The summed E-state index contributed by atoms with van der Waals surface area (Å²) in [5, 5.41) is 8.18. The number of aromatic nitrogens is 2. The molecule has 1 unspecified atom stereocenters. The van der Waals surface area contributed by atoms with E-state index in [1.165, 1.54) is 29.8 Å². The van der Waals surface area contributed by atoms with Gasteiger partial charge in [-0.15, -0.1) is 11.3 Å². The fraction of sp³-hybridized carbons (Fsp3) is 0.562. The smallest absolute Gasteiger partial charge is 0.0853 e. The minimum absolute atomic E-state index is 0.244. The van der Waals surface area contributed by atoms with Crippen LogP contribution in [0.15, 0.2) is 16.7 Å². The van der Waals surface area contributed by atoms with Crippen LogP contribution in [0.1, 0.15) is 53.7 Å². The first-order valence-corrected chi connectivity index (χ1v) is 9.41. The molecule has 2 aromatic rings. The highest BCUT2D eigenvalue weighted by Crippen LogP contribution is 2.37. The molecule has 3 rings (SSSR count). The van der Waals surface area contributed by atoms with Gasteiger partial charge in [0.25, 0.3) is 0 Å². The molecule has 0 bridgehead atoms.